The molecule has 2 nitrogen and oxygen atoms in total. The summed E-state index contributed by atoms with van der Waals surface area (Å²) in [6.45, 7) is 5.82. The van der Waals surface area contributed by atoms with Crippen molar-refractivity contribution in [3.8, 4) is 0 Å². The van der Waals surface area contributed by atoms with E-state index in [1.807, 2.05) is 0 Å². The molecule has 0 aliphatic heterocycles. The average molecular weight is 346 g/mol. The van der Waals surface area contributed by atoms with Crippen LogP contribution in [0.4, 0.5) is 0 Å². The summed E-state index contributed by atoms with van der Waals surface area (Å²) in [6.07, 6.45) is 17.8. The minimum Gasteiger partial charge on any atom is -0.393 e. The zero-order valence-electron chi connectivity index (χ0n) is 16.4. The van der Waals surface area contributed by atoms with Gasteiger partial charge >= 0.3 is 0 Å². The van der Waals surface area contributed by atoms with E-state index >= 15 is 0 Å². The van der Waals surface area contributed by atoms with Crippen LogP contribution in [0.5, 0.6) is 0 Å². The summed E-state index contributed by atoms with van der Waals surface area (Å²) in [7, 11) is 0. The number of fused-ring (bicyclic) bond motifs is 5. The van der Waals surface area contributed by atoms with E-state index < -0.39 is 0 Å². The maximum absolute atomic E-state index is 10.6. The van der Waals surface area contributed by atoms with Crippen LogP contribution in [0.3, 0.4) is 0 Å². The summed E-state index contributed by atoms with van der Waals surface area (Å²) in [5.41, 5.74) is 6.43. The molecule has 4 fully saturated rings. The maximum atomic E-state index is 10.6. The Labute approximate surface area is 154 Å². The Balaban J connectivity index is 1.49. The van der Waals surface area contributed by atoms with Gasteiger partial charge in [0.2, 0.25) is 0 Å². The van der Waals surface area contributed by atoms with E-state index in [0.717, 1.165) is 49.0 Å². The molecule has 4 aliphatic carbocycles. The van der Waals surface area contributed by atoms with E-state index in [1.165, 1.54) is 51.4 Å². The van der Waals surface area contributed by atoms with Crippen LogP contribution in [-0.4, -0.2) is 17.8 Å². The highest BCUT2D eigenvalue weighted by molar-refractivity contribution is 5.10. The van der Waals surface area contributed by atoms with Crippen molar-refractivity contribution in [1.29, 1.82) is 0 Å². The lowest BCUT2D eigenvalue weighted by Crippen LogP contribution is -2.53. The average Bonchev–Trinajstić information content (AvgIpc) is 2.90. The van der Waals surface area contributed by atoms with E-state index in [2.05, 4.69) is 26.0 Å². The molecule has 0 saturated heterocycles. The van der Waals surface area contributed by atoms with Gasteiger partial charge in [-0.1, -0.05) is 26.0 Å². The van der Waals surface area contributed by atoms with Crippen molar-refractivity contribution in [2.45, 2.75) is 84.2 Å². The molecule has 0 bridgehead atoms. The predicted molar refractivity (Wildman–Crippen MR) is 104 cm³/mol. The first-order valence-corrected chi connectivity index (χ1v) is 11.0. The molecule has 0 spiro atoms. The van der Waals surface area contributed by atoms with Crippen LogP contribution in [0.25, 0.3) is 0 Å². The van der Waals surface area contributed by atoms with Gasteiger partial charge in [-0.25, -0.2) is 0 Å². The normalized spacial score (nSPS) is 52.6. The molecule has 8 atom stereocenters. The van der Waals surface area contributed by atoms with Crippen LogP contribution in [0.2, 0.25) is 0 Å². The predicted octanol–water partition coefficient (Wildman–Crippen LogP) is 4.91. The Morgan fingerprint density at radius 2 is 1.72 bits per heavy atom. The van der Waals surface area contributed by atoms with Gasteiger partial charge < -0.3 is 10.8 Å². The van der Waals surface area contributed by atoms with Crippen LogP contribution in [-0.2, 0) is 0 Å². The van der Waals surface area contributed by atoms with Gasteiger partial charge in [0.1, 0.15) is 0 Å². The SMILES string of the molecule is C[C@]12CC[C@H](/C=C/CCN)CC1CCC1C2CC[C@@]2(C)C1CC[C@@H]2O. The Morgan fingerprint density at radius 3 is 2.52 bits per heavy atom. The second-order valence-corrected chi connectivity index (χ2v) is 10.3. The summed E-state index contributed by atoms with van der Waals surface area (Å²) >= 11 is 0. The van der Waals surface area contributed by atoms with Gasteiger partial charge in [-0.3, -0.25) is 0 Å². The van der Waals surface area contributed by atoms with Gasteiger partial charge in [-0.05, 0) is 111 Å². The first kappa shape index (κ1) is 18.0. The molecule has 3 N–H and O–H groups in total. The molecule has 4 unspecified atom stereocenters. The van der Waals surface area contributed by atoms with Crippen molar-refractivity contribution in [3.63, 3.8) is 0 Å². The van der Waals surface area contributed by atoms with Gasteiger partial charge in [0.15, 0.2) is 0 Å². The molecule has 142 valence electrons. The third-order valence-corrected chi connectivity index (χ3v) is 9.40. The fraction of sp³-hybridized carbons (Fsp3) is 0.913. The van der Waals surface area contributed by atoms with Gasteiger partial charge in [-0.2, -0.15) is 0 Å². The van der Waals surface area contributed by atoms with Crippen molar-refractivity contribution < 1.29 is 5.11 Å². The van der Waals surface area contributed by atoms with Gasteiger partial charge in [0.05, 0.1) is 6.10 Å². The topological polar surface area (TPSA) is 46.2 Å². The zero-order valence-corrected chi connectivity index (χ0v) is 16.4. The number of hydrogen-bond acceptors (Lipinski definition) is 2. The highest BCUT2D eigenvalue weighted by Crippen LogP contribution is 2.66. The largest absolute Gasteiger partial charge is 0.393 e. The third kappa shape index (κ3) is 2.83. The number of aliphatic hydroxyl groups excluding tert-OH is 1. The lowest BCUT2D eigenvalue weighted by atomic mass is 9.44. The maximum Gasteiger partial charge on any atom is 0.0596 e. The zero-order chi connectivity index (χ0) is 17.7. The van der Waals surface area contributed by atoms with Crippen molar-refractivity contribution in [2.75, 3.05) is 6.54 Å². The number of hydrogen-bond donors (Lipinski definition) is 2. The van der Waals surface area contributed by atoms with Gasteiger partial charge in [0, 0.05) is 0 Å². The lowest BCUT2D eigenvalue weighted by molar-refractivity contribution is -0.124. The van der Waals surface area contributed by atoms with Crippen LogP contribution in [0.15, 0.2) is 12.2 Å². The van der Waals surface area contributed by atoms with E-state index in [1.54, 1.807) is 0 Å². The molecule has 0 aromatic carbocycles. The smallest absolute Gasteiger partial charge is 0.0596 e. The van der Waals surface area contributed by atoms with E-state index in [0.29, 0.717) is 5.41 Å². The Bertz CT molecular complexity index is 516. The van der Waals surface area contributed by atoms with Crippen molar-refractivity contribution in [2.24, 2.45) is 46.2 Å². The van der Waals surface area contributed by atoms with E-state index in [-0.39, 0.29) is 11.5 Å². The van der Waals surface area contributed by atoms with E-state index in [9.17, 15) is 5.11 Å². The number of aliphatic hydroxyl groups is 1. The van der Waals surface area contributed by atoms with E-state index in [4.69, 9.17) is 5.73 Å². The monoisotopic (exact) mass is 345 g/mol. The number of allylic oxidation sites excluding steroid dienone is 1. The third-order valence-electron chi connectivity index (χ3n) is 9.40. The molecule has 0 radical (unpaired) electrons. The van der Waals surface area contributed by atoms with Crippen molar-refractivity contribution >= 4 is 0 Å². The van der Waals surface area contributed by atoms with Gasteiger partial charge in [-0.15, -0.1) is 0 Å². The van der Waals surface area contributed by atoms with Crippen LogP contribution >= 0.6 is 0 Å². The van der Waals surface area contributed by atoms with Crippen molar-refractivity contribution in [1.82, 2.24) is 0 Å². The fourth-order valence-corrected chi connectivity index (χ4v) is 7.82. The van der Waals surface area contributed by atoms with Gasteiger partial charge in [0.25, 0.3) is 0 Å². The summed E-state index contributed by atoms with van der Waals surface area (Å²) in [5.74, 6) is 4.32. The molecule has 0 aromatic rings. The molecule has 4 saturated carbocycles. The van der Waals surface area contributed by atoms with Crippen LogP contribution < -0.4 is 5.73 Å². The molecule has 2 heteroatoms. The summed E-state index contributed by atoms with van der Waals surface area (Å²) < 4.78 is 0. The standard InChI is InChI=1S/C23H39NO/c1-22-12-10-16(5-3-4-14-24)15-17(22)6-7-18-19-8-9-21(25)23(19,2)13-11-20(18)22/h3,5,16-21,25H,4,6-15,24H2,1-2H3/b5-3+/t16-,17?,18?,19?,20?,21-,22-,23-/m0/s1. The highest BCUT2D eigenvalue weighted by atomic mass is 16.3. The van der Waals surface area contributed by atoms with Crippen LogP contribution in [0.1, 0.15) is 78.1 Å². The Hall–Kier alpha value is -0.340. The molecule has 4 aliphatic rings. The Morgan fingerprint density at radius 1 is 0.960 bits per heavy atom. The molecule has 25 heavy (non-hydrogen) atoms. The summed E-state index contributed by atoms with van der Waals surface area (Å²) in [6, 6.07) is 0. The van der Waals surface area contributed by atoms with Crippen LogP contribution in [0, 0.1) is 40.4 Å². The molecule has 0 aromatic heterocycles. The molecule has 0 amide bonds. The molecular formula is C23H39NO. The minimum atomic E-state index is -0.0348. The minimum absolute atomic E-state index is 0.0348. The molecule has 0 heterocycles. The second kappa shape index (κ2) is 6.68. The number of rotatable bonds is 3. The quantitative estimate of drug-likeness (QED) is 0.714. The highest BCUT2D eigenvalue weighted by Gasteiger charge is 2.59. The first-order chi connectivity index (χ1) is 12.0. The first-order valence-electron chi connectivity index (χ1n) is 11.0. The number of nitrogens with two attached hydrogens (primary N) is 1. The Kier molecular flexibility index (Phi) is 4.82. The second-order valence-electron chi connectivity index (χ2n) is 10.3. The molecular weight excluding hydrogens is 306 g/mol. The van der Waals surface area contributed by atoms with Crippen molar-refractivity contribution in [3.05, 3.63) is 12.2 Å². The summed E-state index contributed by atoms with van der Waals surface area (Å²) in [5, 5.41) is 10.6. The summed E-state index contributed by atoms with van der Waals surface area (Å²) in [4.78, 5) is 0. The lowest BCUT2D eigenvalue weighted by Gasteiger charge is -2.60. The molecule has 4 rings (SSSR count). The fourth-order valence-electron chi connectivity index (χ4n) is 7.82.